The van der Waals surface area contributed by atoms with Crippen molar-refractivity contribution in [3.63, 3.8) is 0 Å². The Morgan fingerprint density at radius 2 is 1.84 bits per heavy atom. The average Bonchev–Trinajstić information content (AvgIpc) is 2.47. The molecule has 0 aliphatic heterocycles. The van der Waals surface area contributed by atoms with Crippen molar-refractivity contribution in [1.82, 2.24) is 14.9 Å². The molecule has 4 nitrogen and oxygen atoms in total. The average molecular weight is 262 g/mol. The summed E-state index contributed by atoms with van der Waals surface area (Å²) in [6, 6.07) is 0. The zero-order valence-electron chi connectivity index (χ0n) is 12.5. The molecule has 0 spiro atoms. The maximum atomic E-state index is 4.78. The van der Waals surface area contributed by atoms with E-state index >= 15 is 0 Å². The molecule has 2 rings (SSSR count). The van der Waals surface area contributed by atoms with Crippen molar-refractivity contribution < 1.29 is 0 Å². The van der Waals surface area contributed by atoms with Gasteiger partial charge in [0.1, 0.15) is 11.6 Å². The Hall–Kier alpha value is -1.16. The van der Waals surface area contributed by atoms with Gasteiger partial charge in [-0.25, -0.2) is 9.97 Å². The van der Waals surface area contributed by atoms with E-state index in [1.807, 2.05) is 7.05 Å². The molecule has 1 N–H and O–H groups in total. The van der Waals surface area contributed by atoms with Crippen LogP contribution in [0.3, 0.4) is 0 Å². The topological polar surface area (TPSA) is 41.1 Å². The lowest BCUT2D eigenvalue weighted by atomic mass is 9.96. The van der Waals surface area contributed by atoms with Gasteiger partial charge in [0.05, 0.1) is 0 Å². The second-order valence-corrected chi connectivity index (χ2v) is 5.15. The molecule has 106 valence electrons. The van der Waals surface area contributed by atoms with Crippen molar-refractivity contribution in [3.05, 3.63) is 17.1 Å². The molecule has 1 aliphatic rings. The van der Waals surface area contributed by atoms with E-state index in [0.717, 1.165) is 50.5 Å². The summed E-state index contributed by atoms with van der Waals surface area (Å²) in [7, 11) is 1.96. The van der Waals surface area contributed by atoms with Gasteiger partial charge < -0.3 is 10.2 Å². The molecule has 1 aromatic heterocycles. The van der Waals surface area contributed by atoms with Crippen molar-refractivity contribution in [2.24, 2.45) is 0 Å². The second-order valence-electron chi connectivity index (χ2n) is 5.15. The predicted molar refractivity (Wildman–Crippen MR) is 79.7 cm³/mol. The number of hydrogen-bond donors (Lipinski definition) is 1. The van der Waals surface area contributed by atoms with E-state index in [-0.39, 0.29) is 0 Å². The van der Waals surface area contributed by atoms with Crippen LogP contribution in [0.15, 0.2) is 0 Å². The molecule has 1 heterocycles. The quantitative estimate of drug-likeness (QED) is 0.854. The first kappa shape index (κ1) is 14.3. The number of rotatable bonds is 6. The molecule has 0 saturated carbocycles. The van der Waals surface area contributed by atoms with Gasteiger partial charge in [-0.15, -0.1) is 0 Å². The molecule has 4 heteroatoms. The van der Waals surface area contributed by atoms with Gasteiger partial charge in [-0.1, -0.05) is 13.8 Å². The van der Waals surface area contributed by atoms with Crippen LogP contribution in [0.2, 0.25) is 0 Å². The van der Waals surface area contributed by atoms with Crippen LogP contribution in [-0.4, -0.2) is 41.5 Å². The van der Waals surface area contributed by atoms with Crippen LogP contribution in [0.25, 0.3) is 0 Å². The molecule has 1 aromatic rings. The number of hydrogen-bond acceptors (Lipinski definition) is 4. The Morgan fingerprint density at radius 1 is 1.11 bits per heavy atom. The van der Waals surface area contributed by atoms with Gasteiger partial charge in [-0.3, -0.25) is 0 Å². The summed E-state index contributed by atoms with van der Waals surface area (Å²) in [5.41, 5.74) is 2.63. The fraction of sp³-hybridized carbons (Fsp3) is 0.733. The van der Waals surface area contributed by atoms with E-state index in [9.17, 15) is 0 Å². The lowest BCUT2D eigenvalue weighted by Crippen LogP contribution is -2.26. The summed E-state index contributed by atoms with van der Waals surface area (Å²) in [6.45, 7) is 7.65. The molecule has 19 heavy (non-hydrogen) atoms. The Bertz CT molecular complexity index is 396. The first-order valence-corrected chi connectivity index (χ1v) is 7.57. The summed E-state index contributed by atoms with van der Waals surface area (Å²) in [5, 5.41) is 3.25. The van der Waals surface area contributed by atoms with Gasteiger partial charge in [0, 0.05) is 31.3 Å². The van der Waals surface area contributed by atoms with E-state index in [2.05, 4.69) is 24.1 Å². The van der Waals surface area contributed by atoms with Gasteiger partial charge in [-0.2, -0.15) is 0 Å². The van der Waals surface area contributed by atoms with Crippen LogP contribution < -0.4 is 5.32 Å². The molecule has 0 atom stereocenters. The highest BCUT2D eigenvalue weighted by atomic mass is 15.1. The van der Waals surface area contributed by atoms with Crippen molar-refractivity contribution in [1.29, 1.82) is 0 Å². The third-order valence-corrected chi connectivity index (χ3v) is 4.01. The maximum Gasteiger partial charge on any atom is 0.132 e. The summed E-state index contributed by atoms with van der Waals surface area (Å²) >= 11 is 0. The van der Waals surface area contributed by atoms with Crippen LogP contribution in [-0.2, 0) is 19.3 Å². The van der Waals surface area contributed by atoms with Crippen molar-refractivity contribution in [3.8, 4) is 0 Å². The first-order valence-electron chi connectivity index (χ1n) is 7.57. The number of anilines is 1. The molecule has 0 saturated heterocycles. The highest BCUT2D eigenvalue weighted by Crippen LogP contribution is 2.25. The van der Waals surface area contributed by atoms with E-state index in [1.165, 1.54) is 24.1 Å². The molecule has 0 amide bonds. The molecular formula is C15H26N4. The maximum absolute atomic E-state index is 4.78. The first-order chi connectivity index (χ1) is 9.28. The van der Waals surface area contributed by atoms with Gasteiger partial charge in [-0.05, 0) is 38.8 Å². The fourth-order valence-corrected chi connectivity index (χ4v) is 2.76. The van der Waals surface area contributed by atoms with Crippen LogP contribution >= 0.6 is 0 Å². The minimum absolute atomic E-state index is 0.948. The van der Waals surface area contributed by atoms with Crippen LogP contribution in [0, 0.1) is 0 Å². The number of aryl methyl sites for hydroxylation is 1. The fourth-order valence-electron chi connectivity index (χ4n) is 2.76. The Balaban J connectivity index is 2.13. The van der Waals surface area contributed by atoms with E-state index in [1.54, 1.807) is 0 Å². The highest BCUT2D eigenvalue weighted by Gasteiger charge is 2.17. The van der Waals surface area contributed by atoms with Gasteiger partial charge >= 0.3 is 0 Å². The summed E-state index contributed by atoms with van der Waals surface area (Å²) in [6.07, 6.45) is 5.72. The number of aromatic nitrogens is 2. The zero-order chi connectivity index (χ0) is 13.7. The number of nitrogens with one attached hydrogen (secondary N) is 1. The van der Waals surface area contributed by atoms with E-state index < -0.39 is 0 Å². The number of nitrogens with zero attached hydrogens (tertiary/aromatic N) is 3. The van der Waals surface area contributed by atoms with Gasteiger partial charge in [0.2, 0.25) is 0 Å². The Kier molecular flexibility index (Phi) is 5.14. The van der Waals surface area contributed by atoms with Gasteiger partial charge in [0.25, 0.3) is 0 Å². The summed E-state index contributed by atoms with van der Waals surface area (Å²) in [5.74, 6) is 2.05. The standard InChI is InChI=1S/C15H26N4/c1-4-19(5-2)11-10-14-17-13-9-7-6-8-12(13)15(16-3)18-14/h4-11H2,1-3H3,(H,16,17,18). The van der Waals surface area contributed by atoms with Crippen molar-refractivity contribution >= 4 is 5.82 Å². The molecule has 0 radical (unpaired) electrons. The minimum atomic E-state index is 0.948. The zero-order valence-corrected chi connectivity index (χ0v) is 12.5. The molecular weight excluding hydrogens is 236 g/mol. The highest BCUT2D eigenvalue weighted by molar-refractivity contribution is 5.47. The third kappa shape index (κ3) is 3.44. The van der Waals surface area contributed by atoms with Crippen LogP contribution in [0.1, 0.15) is 43.8 Å². The lowest BCUT2D eigenvalue weighted by Gasteiger charge is -2.20. The van der Waals surface area contributed by atoms with Crippen LogP contribution in [0.4, 0.5) is 5.82 Å². The van der Waals surface area contributed by atoms with E-state index in [0.29, 0.717) is 0 Å². The van der Waals surface area contributed by atoms with E-state index in [4.69, 9.17) is 9.97 Å². The summed E-state index contributed by atoms with van der Waals surface area (Å²) < 4.78 is 0. The number of likely N-dealkylation sites (N-methyl/N-ethyl adjacent to an activating group) is 1. The molecule has 0 unspecified atom stereocenters. The molecule has 1 aliphatic carbocycles. The lowest BCUT2D eigenvalue weighted by molar-refractivity contribution is 0.305. The smallest absolute Gasteiger partial charge is 0.132 e. The predicted octanol–water partition coefficient (Wildman–Crippen LogP) is 2.28. The minimum Gasteiger partial charge on any atom is -0.373 e. The SMILES string of the molecule is CCN(CC)CCc1nc2c(c(NC)n1)CCCC2. The summed E-state index contributed by atoms with van der Waals surface area (Å²) in [4.78, 5) is 11.9. The number of fused-ring (bicyclic) bond motifs is 1. The molecule has 0 fully saturated rings. The molecule has 0 aromatic carbocycles. The van der Waals surface area contributed by atoms with Crippen molar-refractivity contribution in [2.75, 3.05) is 32.0 Å². The Labute approximate surface area is 116 Å². The van der Waals surface area contributed by atoms with Crippen molar-refractivity contribution in [2.45, 2.75) is 46.0 Å². The second kappa shape index (κ2) is 6.85. The monoisotopic (exact) mass is 262 g/mol. The van der Waals surface area contributed by atoms with Gasteiger partial charge in [0.15, 0.2) is 0 Å². The van der Waals surface area contributed by atoms with Crippen LogP contribution in [0.5, 0.6) is 0 Å². The third-order valence-electron chi connectivity index (χ3n) is 4.01. The normalized spacial score (nSPS) is 14.5. The molecule has 0 bridgehead atoms. The Morgan fingerprint density at radius 3 is 2.53 bits per heavy atom. The largest absolute Gasteiger partial charge is 0.373 e.